The molecule has 4 heteroatoms. The number of Topliss-reactive ketones (excluding diaryl/α,β-unsaturated/α-hetero) is 1. The first-order valence-corrected chi connectivity index (χ1v) is 6.21. The van der Waals surface area contributed by atoms with E-state index in [9.17, 15) is 9.18 Å². The first-order valence-electron chi connectivity index (χ1n) is 6.21. The molecule has 0 aromatic heterocycles. The Morgan fingerprint density at radius 3 is 2.78 bits per heavy atom. The number of carbonyl (C=O) groups is 1. The third kappa shape index (κ3) is 5.38. The van der Waals surface area contributed by atoms with Crippen molar-refractivity contribution < 1.29 is 14.3 Å². The lowest BCUT2D eigenvalue weighted by molar-refractivity contribution is 0.0944. The molecule has 1 aromatic rings. The SMILES string of the molecule is CN(CCCCCO)CC(=O)c1cccc(F)c1. The van der Waals surface area contributed by atoms with Crippen LogP contribution in [-0.2, 0) is 0 Å². The van der Waals surface area contributed by atoms with Gasteiger partial charge in [-0.25, -0.2) is 4.39 Å². The molecule has 0 atom stereocenters. The third-order valence-electron chi connectivity index (χ3n) is 2.76. The van der Waals surface area contributed by atoms with Crippen LogP contribution in [0.4, 0.5) is 4.39 Å². The first kappa shape index (κ1) is 14.8. The van der Waals surface area contributed by atoms with Gasteiger partial charge >= 0.3 is 0 Å². The molecule has 0 aliphatic carbocycles. The van der Waals surface area contributed by atoms with E-state index in [0.29, 0.717) is 12.1 Å². The minimum atomic E-state index is -0.383. The van der Waals surface area contributed by atoms with Crippen molar-refractivity contribution in [2.24, 2.45) is 0 Å². The maximum Gasteiger partial charge on any atom is 0.176 e. The van der Waals surface area contributed by atoms with Crippen molar-refractivity contribution in [1.29, 1.82) is 0 Å². The van der Waals surface area contributed by atoms with Gasteiger partial charge in [-0.05, 0) is 45.0 Å². The Kier molecular flexibility index (Phi) is 6.54. The van der Waals surface area contributed by atoms with Gasteiger partial charge in [0.05, 0.1) is 6.54 Å². The summed E-state index contributed by atoms with van der Waals surface area (Å²) in [5.74, 6) is -0.453. The Morgan fingerprint density at radius 2 is 2.11 bits per heavy atom. The average molecular weight is 253 g/mol. The summed E-state index contributed by atoms with van der Waals surface area (Å²) in [6.45, 7) is 1.32. The highest BCUT2D eigenvalue weighted by Crippen LogP contribution is 2.05. The Hall–Kier alpha value is -1.26. The summed E-state index contributed by atoms with van der Waals surface area (Å²) < 4.78 is 13.0. The van der Waals surface area contributed by atoms with E-state index in [-0.39, 0.29) is 18.2 Å². The van der Waals surface area contributed by atoms with Gasteiger partial charge in [-0.2, -0.15) is 0 Å². The largest absolute Gasteiger partial charge is 0.396 e. The molecule has 1 rings (SSSR count). The molecule has 1 N–H and O–H groups in total. The van der Waals surface area contributed by atoms with Gasteiger partial charge in [-0.1, -0.05) is 12.1 Å². The highest BCUT2D eigenvalue weighted by molar-refractivity contribution is 5.97. The van der Waals surface area contributed by atoms with Gasteiger partial charge in [0, 0.05) is 12.2 Å². The van der Waals surface area contributed by atoms with Crippen LogP contribution < -0.4 is 0 Å². The number of aliphatic hydroxyl groups is 1. The van der Waals surface area contributed by atoms with Gasteiger partial charge < -0.3 is 5.11 Å². The molecule has 100 valence electrons. The summed E-state index contributed by atoms with van der Waals surface area (Å²) in [4.78, 5) is 13.8. The van der Waals surface area contributed by atoms with Gasteiger partial charge in [0.25, 0.3) is 0 Å². The number of benzene rings is 1. The molecule has 1 aromatic carbocycles. The topological polar surface area (TPSA) is 40.5 Å². The summed E-state index contributed by atoms with van der Waals surface area (Å²) in [6.07, 6.45) is 2.70. The summed E-state index contributed by atoms with van der Waals surface area (Å²) in [7, 11) is 1.87. The van der Waals surface area contributed by atoms with Crippen LogP contribution in [0, 0.1) is 5.82 Å². The molecule has 0 fully saturated rings. The van der Waals surface area contributed by atoms with E-state index in [1.165, 1.54) is 12.1 Å². The van der Waals surface area contributed by atoms with E-state index in [0.717, 1.165) is 25.8 Å². The fraction of sp³-hybridized carbons (Fsp3) is 0.500. The number of hydrogen-bond donors (Lipinski definition) is 1. The predicted octanol–water partition coefficient (Wildman–Crippen LogP) is 2.10. The maximum absolute atomic E-state index is 13.0. The van der Waals surface area contributed by atoms with Crippen LogP contribution in [0.5, 0.6) is 0 Å². The standard InChI is InChI=1S/C14H20FNO2/c1-16(8-3-2-4-9-17)11-14(18)12-6-5-7-13(15)10-12/h5-7,10,17H,2-4,8-9,11H2,1H3. The van der Waals surface area contributed by atoms with Crippen LogP contribution >= 0.6 is 0 Å². The smallest absolute Gasteiger partial charge is 0.176 e. The van der Waals surface area contributed by atoms with E-state index in [4.69, 9.17) is 5.11 Å². The zero-order chi connectivity index (χ0) is 13.4. The van der Waals surface area contributed by atoms with Crippen LogP contribution in [-0.4, -0.2) is 42.5 Å². The first-order chi connectivity index (χ1) is 8.63. The van der Waals surface area contributed by atoms with E-state index in [1.807, 2.05) is 11.9 Å². The molecule has 0 bridgehead atoms. The molecule has 3 nitrogen and oxygen atoms in total. The number of carbonyl (C=O) groups excluding carboxylic acids is 1. The fourth-order valence-corrected chi connectivity index (χ4v) is 1.75. The zero-order valence-corrected chi connectivity index (χ0v) is 10.7. The summed E-state index contributed by atoms with van der Waals surface area (Å²) in [5.41, 5.74) is 0.414. The van der Waals surface area contributed by atoms with E-state index < -0.39 is 0 Å². The minimum Gasteiger partial charge on any atom is -0.396 e. The number of likely N-dealkylation sites (N-methyl/N-ethyl adjacent to an activating group) is 1. The Balaban J connectivity index is 2.35. The number of unbranched alkanes of at least 4 members (excludes halogenated alkanes) is 2. The number of ketones is 1. The van der Waals surface area contributed by atoms with Gasteiger partial charge in [0.15, 0.2) is 5.78 Å². The third-order valence-corrected chi connectivity index (χ3v) is 2.76. The van der Waals surface area contributed by atoms with Crippen LogP contribution in [0.25, 0.3) is 0 Å². The van der Waals surface area contributed by atoms with Crippen LogP contribution in [0.15, 0.2) is 24.3 Å². The Morgan fingerprint density at radius 1 is 1.33 bits per heavy atom. The second-order valence-corrected chi connectivity index (χ2v) is 4.46. The van der Waals surface area contributed by atoms with E-state index in [2.05, 4.69) is 0 Å². The predicted molar refractivity (Wildman–Crippen MR) is 69.2 cm³/mol. The number of nitrogens with zero attached hydrogens (tertiary/aromatic N) is 1. The molecule has 0 spiro atoms. The summed E-state index contributed by atoms with van der Waals surface area (Å²) in [5, 5.41) is 8.65. The lowest BCUT2D eigenvalue weighted by atomic mass is 10.1. The maximum atomic E-state index is 13.0. The lowest BCUT2D eigenvalue weighted by Crippen LogP contribution is -2.27. The molecule has 18 heavy (non-hydrogen) atoms. The van der Waals surface area contributed by atoms with Crippen molar-refractivity contribution in [1.82, 2.24) is 4.90 Å². The highest BCUT2D eigenvalue weighted by Gasteiger charge is 2.09. The number of hydrogen-bond acceptors (Lipinski definition) is 3. The molecule has 0 aliphatic rings. The van der Waals surface area contributed by atoms with E-state index >= 15 is 0 Å². The molecular weight excluding hydrogens is 233 g/mol. The number of halogens is 1. The van der Waals surface area contributed by atoms with Gasteiger partial charge in [0.2, 0.25) is 0 Å². The normalized spacial score (nSPS) is 10.9. The zero-order valence-electron chi connectivity index (χ0n) is 10.7. The lowest BCUT2D eigenvalue weighted by Gasteiger charge is -2.15. The van der Waals surface area contributed by atoms with Crippen molar-refractivity contribution in [2.75, 3.05) is 26.7 Å². The number of rotatable bonds is 8. The van der Waals surface area contributed by atoms with Crippen molar-refractivity contribution in [2.45, 2.75) is 19.3 Å². The van der Waals surface area contributed by atoms with Gasteiger partial charge in [-0.15, -0.1) is 0 Å². The molecule has 0 unspecified atom stereocenters. The summed E-state index contributed by atoms with van der Waals surface area (Å²) >= 11 is 0. The molecule has 0 radical (unpaired) electrons. The quantitative estimate of drug-likeness (QED) is 0.570. The van der Waals surface area contributed by atoms with Crippen LogP contribution in [0.1, 0.15) is 29.6 Å². The molecule has 0 heterocycles. The molecular formula is C14H20FNO2. The van der Waals surface area contributed by atoms with E-state index in [1.54, 1.807) is 12.1 Å². The molecule has 0 amide bonds. The molecule has 0 saturated heterocycles. The van der Waals surface area contributed by atoms with Crippen molar-refractivity contribution in [3.05, 3.63) is 35.6 Å². The van der Waals surface area contributed by atoms with Crippen molar-refractivity contribution >= 4 is 5.78 Å². The van der Waals surface area contributed by atoms with Crippen LogP contribution in [0.2, 0.25) is 0 Å². The molecule has 0 saturated carbocycles. The van der Waals surface area contributed by atoms with Crippen molar-refractivity contribution in [3.8, 4) is 0 Å². The average Bonchev–Trinajstić information content (AvgIpc) is 2.34. The monoisotopic (exact) mass is 253 g/mol. The second kappa shape index (κ2) is 7.95. The molecule has 0 aliphatic heterocycles. The minimum absolute atomic E-state index is 0.0702. The second-order valence-electron chi connectivity index (χ2n) is 4.46. The summed E-state index contributed by atoms with van der Waals surface area (Å²) in [6, 6.07) is 5.77. The Labute approximate surface area is 107 Å². The van der Waals surface area contributed by atoms with Gasteiger partial charge in [-0.3, -0.25) is 9.69 Å². The Bertz CT molecular complexity index is 382. The van der Waals surface area contributed by atoms with Crippen LogP contribution in [0.3, 0.4) is 0 Å². The van der Waals surface area contributed by atoms with Crippen molar-refractivity contribution in [3.63, 3.8) is 0 Å². The number of aliphatic hydroxyl groups excluding tert-OH is 1. The fourth-order valence-electron chi connectivity index (χ4n) is 1.75. The highest BCUT2D eigenvalue weighted by atomic mass is 19.1. The van der Waals surface area contributed by atoms with Gasteiger partial charge in [0.1, 0.15) is 5.82 Å².